The molecule has 0 atom stereocenters. The van der Waals surface area contributed by atoms with Gasteiger partial charge in [0.15, 0.2) is 0 Å². The second kappa shape index (κ2) is 8.16. The third kappa shape index (κ3) is 4.83. The summed E-state index contributed by atoms with van der Waals surface area (Å²) in [5.74, 6) is -0.00516. The highest BCUT2D eigenvalue weighted by Gasteiger charge is 2.17. The van der Waals surface area contributed by atoms with Gasteiger partial charge in [-0.15, -0.1) is 11.3 Å². The van der Waals surface area contributed by atoms with Gasteiger partial charge in [0.05, 0.1) is 5.56 Å². The Labute approximate surface area is 130 Å². The molecule has 1 heterocycles. The number of anilines is 1. The Balaban J connectivity index is 1.77. The number of rotatable bonds is 5. The quantitative estimate of drug-likeness (QED) is 0.846. The van der Waals surface area contributed by atoms with E-state index in [2.05, 4.69) is 23.3 Å². The number of nitrogens with one attached hydrogen (secondary N) is 1. The molecule has 0 radical (unpaired) electrons. The van der Waals surface area contributed by atoms with E-state index in [1.807, 2.05) is 5.38 Å². The lowest BCUT2D eigenvalue weighted by Gasteiger charge is -2.26. The summed E-state index contributed by atoms with van der Waals surface area (Å²) >= 11 is 1.40. The lowest BCUT2D eigenvalue weighted by atomic mass is 10.1. The number of carbonyl (C=O) groups is 1. The molecule has 1 aliphatic rings. The zero-order valence-corrected chi connectivity index (χ0v) is 13.4. The highest BCUT2D eigenvalue weighted by molar-refractivity contribution is 7.14. The van der Waals surface area contributed by atoms with Crippen LogP contribution in [0.2, 0.25) is 0 Å². The van der Waals surface area contributed by atoms with E-state index in [1.54, 1.807) is 6.07 Å². The summed E-state index contributed by atoms with van der Waals surface area (Å²) < 4.78 is 0. The summed E-state index contributed by atoms with van der Waals surface area (Å²) in [6, 6.07) is 4.45. The molecule has 4 nitrogen and oxygen atoms in total. The largest absolute Gasteiger partial charge is 0.317 e. The van der Waals surface area contributed by atoms with E-state index in [-0.39, 0.29) is 5.91 Å². The van der Waals surface area contributed by atoms with Gasteiger partial charge in [-0.1, -0.05) is 25.7 Å². The SMILES string of the molecule is CN(CCC(=O)Nc1sccc1C#N)C1CCCCCC1. The van der Waals surface area contributed by atoms with Gasteiger partial charge in [0.25, 0.3) is 0 Å². The molecule has 1 N–H and O–H groups in total. The number of nitriles is 1. The van der Waals surface area contributed by atoms with E-state index in [0.717, 1.165) is 6.54 Å². The Bertz CT molecular complexity index is 498. The molecule has 0 saturated heterocycles. The van der Waals surface area contributed by atoms with Crippen molar-refractivity contribution in [2.45, 2.75) is 51.0 Å². The van der Waals surface area contributed by atoms with E-state index in [4.69, 9.17) is 5.26 Å². The molecule has 114 valence electrons. The van der Waals surface area contributed by atoms with Crippen molar-refractivity contribution in [1.29, 1.82) is 5.26 Å². The maximum atomic E-state index is 12.0. The van der Waals surface area contributed by atoms with Gasteiger partial charge in [-0.25, -0.2) is 0 Å². The first-order chi connectivity index (χ1) is 10.2. The predicted octanol–water partition coefficient (Wildman–Crippen LogP) is 3.60. The fourth-order valence-electron chi connectivity index (χ4n) is 2.84. The van der Waals surface area contributed by atoms with Crippen LogP contribution in [0.4, 0.5) is 5.00 Å². The Morgan fingerprint density at radius 1 is 1.43 bits per heavy atom. The summed E-state index contributed by atoms with van der Waals surface area (Å²) in [4.78, 5) is 14.3. The molecule has 0 aromatic carbocycles. The number of hydrogen-bond donors (Lipinski definition) is 1. The molecule has 21 heavy (non-hydrogen) atoms. The molecule has 0 spiro atoms. The van der Waals surface area contributed by atoms with Gasteiger partial charge in [-0.3, -0.25) is 4.79 Å². The average molecular weight is 305 g/mol. The van der Waals surface area contributed by atoms with Crippen LogP contribution in [0.1, 0.15) is 50.5 Å². The number of thiophene rings is 1. The zero-order chi connectivity index (χ0) is 15.1. The molecular formula is C16H23N3OS. The summed E-state index contributed by atoms with van der Waals surface area (Å²) in [5, 5.41) is 14.3. The molecule has 1 saturated carbocycles. The van der Waals surface area contributed by atoms with Crippen molar-refractivity contribution >= 4 is 22.2 Å². The lowest BCUT2D eigenvalue weighted by molar-refractivity contribution is -0.116. The number of amides is 1. The van der Waals surface area contributed by atoms with Crippen LogP contribution < -0.4 is 5.32 Å². The van der Waals surface area contributed by atoms with Gasteiger partial charge < -0.3 is 10.2 Å². The van der Waals surface area contributed by atoms with E-state index >= 15 is 0 Å². The van der Waals surface area contributed by atoms with Gasteiger partial charge in [0.1, 0.15) is 11.1 Å². The lowest BCUT2D eigenvalue weighted by Crippen LogP contribution is -2.33. The van der Waals surface area contributed by atoms with Crippen LogP contribution in [0, 0.1) is 11.3 Å². The van der Waals surface area contributed by atoms with E-state index in [1.165, 1.54) is 49.9 Å². The van der Waals surface area contributed by atoms with Crippen LogP contribution >= 0.6 is 11.3 Å². The van der Waals surface area contributed by atoms with Crippen molar-refractivity contribution in [3.63, 3.8) is 0 Å². The monoisotopic (exact) mass is 305 g/mol. The topological polar surface area (TPSA) is 56.1 Å². The molecule has 1 aromatic rings. The van der Waals surface area contributed by atoms with Crippen LogP contribution in [-0.2, 0) is 4.79 Å². The molecule has 0 bridgehead atoms. The Morgan fingerprint density at radius 2 is 2.14 bits per heavy atom. The van der Waals surface area contributed by atoms with Gasteiger partial charge in [-0.05, 0) is 31.3 Å². The van der Waals surface area contributed by atoms with Gasteiger partial charge >= 0.3 is 0 Å². The Hall–Kier alpha value is -1.38. The fourth-order valence-corrected chi connectivity index (χ4v) is 3.60. The third-order valence-electron chi connectivity index (χ3n) is 4.18. The van der Waals surface area contributed by atoms with Crippen molar-refractivity contribution in [2.75, 3.05) is 18.9 Å². The van der Waals surface area contributed by atoms with Crippen molar-refractivity contribution < 1.29 is 4.79 Å². The molecule has 1 amide bonds. The molecule has 1 aliphatic carbocycles. The molecular weight excluding hydrogens is 282 g/mol. The maximum absolute atomic E-state index is 12.0. The second-order valence-electron chi connectivity index (χ2n) is 5.70. The predicted molar refractivity (Wildman–Crippen MR) is 86.4 cm³/mol. The average Bonchev–Trinajstić information content (AvgIpc) is 2.75. The minimum Gasteiger partial charge on any atom is -0.317 e. The van der Waals surface area contributed by atoms with Gasteiger partial charge in [0, 0.05) is 19.0 Å². The zero-order valence-electron chi connectivity index (χ0n) is 12.6. The smallest absolute Gasteiger partial charge is 0.226 e. The van der Waals surface area contributed by atoms with Gasteiger partial charge in [-0.2, -0.15) is 5.26 Å². The standard InChI is InChI=1S/C16H23N3OS/c1-19(14-6-4-2-3-5-7-14)10-8-15(20)18-16-13(12-17)9-11-21-16/h9,11,14H,2-8,10H2,1H3,(H,18,20). The molecule has 5 heteroatoms. The van der Waals surface area contributed by atoms with Crippen molar-refractivity contribution in [3.8, 4) is 6.07 Å². The first kappa shape index (κ1) is 16.0. The minimum absolute atomic E-state index is 0.00516. The van der Waals surface area contributed by atoms with E-state index in [0.29, 0.717) is 23.0 Å². The van der Waals surface area contributed by atoms with Crippen molar-refractivity contribution in [1.82, 2.24) is 4.90 Å². The number of nitrogens with zero attached hydrogens (tertiary/aromatic N) is 2. The van der Waals surface area contributed by atoms with Crippen molar-refractivity contribution in [2.24, 2.45) is 0 Å². The van der Waals surface area contributed by atoms with Crippen LogP contribution in [0.15, 0.2) is 11.4 Å². The molecule has 0 unspecified atom stereocenters. The highest BCUT2D eigenvalue weighted by Crippen LogP contribution is 2.23. The summed E-state index contributed by atoms with van der Waals surface area (Å²) in [7, 11) is 2.12. The van der Waals surface area contributed by atoms with Crippen molar-refractivity contribution in [3.05, 3.63) is 17.0 Å². The third-order valence-corrected chi connectivity index (χ3v) is 5.01. The molecule has 2 rings (SSSR count). The number of hydrogen-bond acceptors (Lipinski definition) is 4. The van der Waals surface area contributed by atoms with Crippen LogP contribution in [0.5, 0.6) is 0 Å². The van der Waals surface area contributed by atoms with E-state index < -0.39 is 0 Å². The summed E-state index contributed by atoms with van der Waals surface area (Å²) in [6.07, 6.45) is 8.29. The Kier molecular flexibility index (Phi) is 6.21. The molecule has 1 fully saturated rings. The molecule has 0 aliphatic heterocycles. The summed E-state index contributed by atoms with van der Waals surface area (Å²) in [5.41, 5.74) is 0.547. The van der Waals surface area contributed by atoms with Gasteiger partial charge in [0.2, 0.25) is 5.91 Å². The number of carbonyl (C=O) groups excluding carboxylic acids is 1. The second-order valence-corrected chi connectivity index (χ2v) is 6.62. The van der Waals surface area contributed by atoms with E-state index in [9.17, 15) is 4.79 Å². The Morgan fingerprint density at radius 3 is 2.81 bits per heavy atom. The molecule has 1 aromatic heterocycles. The summed E-state index contributed by atoms with van der Waals surface area (Å²) in [6.45, 7) is 0.782. The minimum atomic E-state index is -0.00516. The van der Waals surface area contributed by atoms with Crippen LogP contribution in [0.3, 0.4) is 0 Å². The van der Waals surface area contributed by atoms with Crippen LogP contribution in [-0.4, -0.2) is 30.4 Å². The highest BCUT2D eigenvalue weighted by atomic mass is 32.1. The fraction of sp³-hybridized carbons (Fsp3) is 0.625. The van der Waals surface area contributed by atoms with Crippen LogP contribution in [0.25, 0.3) is 0 Å². The maximum Gasteiger partial charge on any atom is 0.226 e. The first-order valence-electron chi connectivity index (χ1n) is 7.68. The normalized spacial score (nSPS) is 16.4. The first-order valence-corrected chi connectivity index (χ1v) is 8.56.